The summed E-state index contributed by atoms with van der Waals surface area (Å²) in [5, 5.41) is 0. The van der Waals surface area contributed by atoms with Crippen LogP contribution in [0.5, 0.6) is 0 Å². The Morgan fingerprint density at radius 3 is 2.92 bits per heavy atom. The van der Waals surface area contributed by atoms with E-state index in [1.54, 1.807) is 24.2 Å². The predicted molar refractivity (Wildman–Crippen MR) is 93.5 cm³/mol. The second kappa shape index (κ2) is 8.21. The summed E-state index contributed by atoms with van der Waals surface area (Å²) >= 11 is 0. The summed E-state index contributed by atoms with van der Waals surface area (Å²) < 4.78 is 19.3. The van der Waals surface area contributed by atoms with E-state index in [1.165, 1.54) is 12.1 Å². The van der Waals surface area contributed by atoms with Gasteiger partial charge in [0.05, 0.1) is 17.8 Å². The zero-order valence-corrected chi connectivity index (χ0v) is 14.4. The van der Waals surface area contributed by atoms with E-state index in [1.807, 2.05) is 24.3 Å². The van der Waals surface area contributed by atoms with Gasteiger partial charge in [-0.25, -0.2) is 4.39 Å². The molecule has 25 heavy (non-hydrogen) atoms. The molecular formula is C20H23FN2O2. The van der Waals surface area contributed by atoms with Crippen LogP contribution in [-0.2, 0) is 9.53 Å². The number of nitrogens with zero attached hydrogens (tertiary/aromatic N) is 2. The first-order valence-corrected chi connectivity index (χ1v) is 8.69. The van der Waals surface area contributed by atoms with E-state index in [0.717, 1.165) is 31.6 Å². The number of benzene rings is 1. The molecule has 1 aromatic carbocycles. The summed E-state index contributed by atoms with van der Waals surface area (Å²) in [6.07, 6.45) is 5.09. The number of ether oxygens (including phenoxy) is 1. The fourth-order valence-corrected chi connectivity index (χ4v) is 3.28. The zero-order chi connectivity index (χ0) is 17.6. The third kappa shape index (κ3) is 4.42. The monoisotopic (exact) mass is 342 g/mol. The zero-order valence-electron chi connectivity index (χ0n) is 14.4. The van der Waals surface area contributed by atoms with E-state index in [4.69, 9.17) is 4.74 Å². The summed E-state index contributed by atoms with van der Waals surface area (Å²) in [6.45, 7) is 0.786. The molecule has 0 radical (unpaired) electrons. The molecule has 1 aromatic heterocycles. The van der Waals surface area contributed by atoms with Crippen molar-refractivity contribution in [1.82, 2.24) is 9.88 Å². The maximum absolute atomic E-state index is 13.7. The largest absolute Gasteiger partial charge is 0.378 e. The van der Waals surface area contributed by atoms with Crippen LogP contribution in [0.25, 0.3) is 0 Å². The fraction of sp³-hybridized carbons (Fsp3) is 0.400. The average Bonchev–Trinajstić information content (AvgIpc) is 3.14. The number of halogens is 1. The quantitative estimate of drug-likeness (QED) is 0.803. The van der Waals surface area contributed by atoms with Gasteiger partial charge < -0.3 is 9.64 Å². The highest BCUT2D eigenvalue weighted by atomic mass is 19.1. The molecule has 5 heteroatoms. The maximum Gasteiger partial charge on any atom is 0.223 e. The van der Waals surface area contributed by atoms with Gasteiger partial charge in [-0.2, -0.15) is 0 Å². The summed E-state index contributed by atoms with van der Waals surface area (Å²) in [7, 11) is 1.75. The van der Waals surface area contributed by atoms with Crippen LogP contribution in [0.1, 0.15) is 43.0 Å². The van der Waals surface area contributed by atoms with Gasteiger partial charge in [0.15, 0.2) is 0 Å². The molecule has 2 heterocycles. The Morgan fingerprint density at radius 2 is 2.24 bits per heavy atom. The van der Waals surface area contributed by atoms with Crippen LogP contribution >= 0.6 is 0 Å². The molecule has 1 aliphatic heterocycles. The van der Waals surface area contributed by atoms with E-state index in [-0.39, 0.29) is 17.8 Å². The van der Waals surface area contributed by atoms with E-state index in [9.17, 15) is 9.18 Å². The highest BCUT2D eigenvalue weighted by molar-refractivity contribution is 5.77. The highest BCUT2D eigenvalue weighted by Gasteiger charge is 2.26. The van der Waals surface area contributed by atoms with Crippen molar-refractivity contribution in [3.8, 4) is 0 Å². The Labute approximate surface area is 147 Å². The smallest absolute Gasteiger partial charge is 0.223 e. The Kier molecular flexibility index (Phi) is 5.76. The summed E-state index contributed by atoms with van der Waals surface area (Å²) in [5.74, 6) is -0.311. The molecule has 1 saturated heterocycles. The molecule has 1 aliphatic rings. The number of carbonyl (C=O) groups excluding carboxylic acids is 1. The van der Waals surface area contributed by atoms with E-state index in [2.05, 4.69) is 4.98 Å². The van der Waals surface area contributed by atoms with Gasteiger partial charge in [-0.3, -0.25) is 9.78 Å². The van der Waals surface area contributed by atoms with Crippen LogP contribution in [0.3, 0.4) is 0 Å². The molecule has 1 fully saturated rings. The lowest BCUT2D eigenvalue weighted by atomic mass is 10.0. The van der Waals surface area contributed by atoms with Gasteiger partial charge in [-0.05, 0) is 49.1 Å². The van der Waals surface area contributed by atoms with E-state index >= 15 is 0 Å². The first-order chi connectivity index (χ1) is 12.1. The number of carbonyl (C=O) groups is 1. The minimum atomic E-state index is -0.408. The molecule has 0 unspecified atom stereocenters. The Balaban J connectivity index is 1.79. The van der Waals surface area contributed by atoms with Crippen molar-refractivity contribution in [1.29, 1.82) is 0 Å². The third-order valence-electron chi connectivity index (χ3n) is 4.62. The number of pyridine rings is 1. The van der Waals surface area contributed by atoms with Gasteiger partial charge in [0.1, 0.15) is 5.82 Å². The molecule has 132 valence electrons. The lowest BCUT2D eigenvalue weighted by Crippen LogP contribution is -2.33. The third-order valence-corrected chi connectivity index (χ3v) is 4.62. The van der Waals surface area contributed by atoms with Crippen LogP contribution < -0.4 is 0 Å². The lowest BCUT2D eigenvalue weighted by molar-refractivity contribution is -0.132. The van der Waals surface area contributed by atoms with Crippen molar-refractivity contribution in [2.75, 3.05) is 13.7 Å². The number of amides is 1. The average molecular weight is 342 g/mol. The SMILES string of the molecule is CN(C(=O)CC[C@H]1CCCO1)[C@H](c1cccc(F)c1)c1ccccn1. The van der Waals surface area contributed by atoms with Crippen molar-refractivity contribution in [2.45, 2.75) is 37.8 Å². The van der Waals surface area contributed by atoms with E-state index < -0.39 is 6.04 Å². The molecule has 3 rings (SSSR count). The molecule has 0 bridgehead atoms. The number of rotatable bonds is 6. The van der Waals surface area contributed by atoms with Gasteiger partial charge in [-0.1, -0.05) is 18.2 Å². The Hall–Kier alpha value is -2.27. The fourth-order valence-electron chi connectivity index (χ4n) is 3.28. The minimum Gasteiger partial charge on any atom is -0.378 e. The second-order valence-corrected chi connectivity index (χ2v) is 6.39. The summed E-state index contributed by atoms with van der Waals surface area (Å²) in [6, 6.07) is 11.5. The summed E-state index contributed by atoms with van der Waals surface area (Å²) in [4.78, 5) is 18.8. The predicted octanol–water partition coefficient (Wildman–Crippen LogP) is 3.73. The first kappa shape index (κ1) is 17.5. The number of aromatic nitrogens is 1. The van der Waals surface area contributed by atoms with Gasteiger partial charge in [-0.15, -0.1) is 0 Å². The first-order valence-electron chi connectivity index (χ1n) is 8.69. The molecule has 0 saturated carbocycles. The van der Waals surface area contributed by atoms with Crippen LogP contribution in [-0.4, -0.2) is 35.5 Å². The van der Waals surface area contributed by atoms with Crippen molar-refractivity contribution >= 4 is 5.91 Å². The molecule has 4 nitrogen and oxygen atoms in total. The topological polar surface area (TPSA) is 42.4 Å². The van der Waals surface area contributed by atoms with Crippen molar-refractivity contribution in [3.63, 3.8) is 0 Å². The second-order valence-electron chi connectivity index (χ2n) is 6.39. The Bertz CT molecular complexity index is 702. The van der Waals surface area contributed by atoms with Crippen LogP contribution in [0, 0.1) is 5.82 Å². The van der Waals surface area contributed by atoms with Crippen molar-refractivity contribution in [2.24, 2.45) is 0 Å². The maximum atomic E-state index is 13.7. The minimum absolute atomic E-state index is 0.00964. The molecular weight excluding hydrogens is 319 g/mol. The number of hydrogen-bond acceptors (Lipinski definition) is 3. The van der Waals surface area contributed by atoms with Crippen LogP contribution in [0.15, 0.2) is 48.7 Å². The van der Waals surface area contributed by atoms with Crippen molar-refractivity contribution < 1.29 is 13.9 Å². The molecule has 2 aromatic rings. The normalized spacial score (nSPS) is 18.1. The van der Waals surface area contributed by atoms with Crippen molar-refractivity contribution in [3.05, 3.63) is 65.7 Å². The van der Waals surface area contributed by atoms with Gasteiger partial charge in [0, 0.05) is 26.3 Å². The van der Waals surface area contributed by atoms with Crippen LogP contribution in [0.4, 0.5) is 4.39 Å². The molecule has 0 spiro atoms. The summed E-state index contributed by atoms with van der Waals surface area (Å²) in [5.41, 5.74) is 1.44. The molecule has 0 N–H and O–H groups in total. The van der Waals surface area contributed by atoms with Gasteiger partial charge in [0.25, 0.3) is 0 Å². The Morgan fingerprint density at radius 1 is 1.36 bits per heavy atom. The highest BCUT2D eigenvalue weighted by Crippen LogP contribution is 2.28. The van der Waals surface area contributed by atoms with E-state index in [0.29, 0.717) is 12.0 Å². The molecule has 1 amide bonds. The standard InChI is InChI=1S/C20H23FN2O2/c1-23(19(24)11-10-17-8-5-13-25-17)20(18-9-2-3-12-22-18)15-6-4-7-16(21)14-15/h2-4,6-7,9,12,14,17,20H,5,8,10-11,13H2,1H3/t17-,20-/m1/s1. The van der Waals surface area contributed by atoms with Gasteiger partial charge in [0.2, 0.25) is 5.91 Å². The molecule has 2 atom stereocenters. The van der Waals surface area contributed by atoms with Crippen LogP contribution in [0.2, 0.25) is 0 Å². The van der Waals surface area contributed by atoms with Gasteiger partial charge >= 0.3 is 0 Å². The number of hydrogen-bond donors (Lipinski definition) is 0. The lowest BCUT2D eigenvalue weighted by Gasteiger charge is -2.28. The molecule has 0 aliphatic carbocycles.